The minimum atomic E-state index is -0.833. The molecule has 1 aromatic carbocycles. The van der Waals surface area contributed by atoms with Gasteiger partial charge in [-0.15, -0.1) is 0 Å². The highest BCUT2D eigenvalue weighted by Gasteiger charge is 1.74. The second-order valence-corrected chi connectivity index (χ2v) is 1.74. The van der Waals surface area contributed by atoms with Crippen molar-refractivity contribution in [3.8, 4) is 5.75 Å². The molecule has 5 heteroatoms. The van der Waals surface area contributed by atoms with Gasteiger partial charge in [0, 0.05) is 0 Å². The summed E-state index contributed by atoms with van der Waals surface area (Å²) in [5.74, 6) is 0.322. The van der Waals surface area contributed by atoms with Crippen LogP contribution in [0, 0.1) is 0 Å². The second-order valence-electron chi connectivity index (χ2n) is 1.74. The molecule has 0 heterocycles. The molecule has 2 amide bonds. The summed E-state index contributed by atoms with van der Waals surface area (Å²) >= 11 is 0. The summed E-state index contributed by atoms with van der Waals surface area (Å²) in [5, 5.41) is 8.63. The van der Waals surface area contributed by atoms with E-state index >= 15 is 0 Å². The van der Waals surface area contributed by atoms with Crippen molar-refractivity contribution < 1.29 is 9.90 Å². The summed E-state index contributed by atoms with van der Waals surface area (Å²) in [6.07, 6.45) is 0. The van der Waals surface area contributed by atoms with Crippen LogP contribution in [0.1, 0.15) is 0 Å². The number of phenolic OH excluding ortho intramolecular Hbond substituents is 1. The number of amides is 2. The van der Waals surface area contributed by atoms with Crippen LogP contribution in [0.15, 0.2) is 30.3 Å². The van der Waals surface area contributed by atoms with Crippen LogP contribution in [0.4, 0.5) is 4.79 Å². The van der Waals surface area contributed by atoms with Crippen LogP contribution >= 0.6 is 0 Å². The van der Waals surface area contributed by atoms with Crippen LogP contribution in [-0.2, 0) is 0 Å². The molecule has 66 valence electrons. The fourth-order valence-electron chi connectivity index (χ4n) is 0.428. The zero-order valence-electron chi connectivity index (χ0n) is 5.90. The number of benzene rings is 1. The van der Waals surface area contributed by atoms with Gasteiger partial charge in [-0.05, 0) is 12.1 Å². The van der Waals surface area contributed by atoms with Gasteiger partial charge in [0.1, 0.15) is 5.75 Å². The molecular formula is C7H13BN2O2. The van der Waals surface area contributed by atoms with Crippen molar-refractivity contribution in [1.82, 2.24) is 0 Å². The average molecular weight is 168 g/mol. The molecule has 0 aliphatic rings. The van der Waals surface area contributed by atoms with E-state index in [-0.39, 0.29) is 8.41 Å². The van der Waals surface area contributed by atoms with Crippen LogP contribution < -0.4 is 11.5 Å². The molecule has 0 aromatic heterocycles. The standard InChI is InChI=1S/C6H6O.CH4N2O.BH3/c7-6-4-2-1-3-5-6;2-1(3)4;/h1-5,7H;(H4,2,3,4);1H3. The molecule has 0 atom stereocenters. The highest BCUT2D eigenvalue weighted by molar-refractivity contribution is 5.75. The fraction of sp³-hybridized carbons (Fsp3) is 0. The maximum atomic E-state index is 9.00. The minimum Gasteiger partial charge on any atom is -0.508 e. The molecule has 5 N–H and O–H groups in total. The average Bonchev–Trinajstić information content (AvgIpc) is 1.87. The van der Waals surface area contributed by atoms with Crippen LogP contribution in [0.5, 0.6) is 5.75 Å². The molecule has 0 fully saturated rings. The molecule has 1 aromatic rings. The first-order valence-electron chi connectivity index (χ1n) is 2.92. The van der Waals surface area contributed by atoms with Gasteiger partial charge in [0.2, 0.25) is 0 Å². The minimum absolute atomic E-state index is 0. The third kappa shape index (κ3) is 11.2. The molecule has 1 rings (SSSR count). The van der Waals surface area contributed by atoms with Crippen molar-refractivity contribution in [2.75, 3.05) is 0 Å². The van der Waals surface area contributed by atoms with Crippen molar-refractivity contribution in [2.45, 2.75) is 0 Å². The lowest BCUT2D eigenvalue weighted by Crippen LogP contribution is -2.18. The Morgan fingerprint density at radius 2 is 1.50 bits per heavy atom. The smallest absolute Gasteiger partial charge is 0.309 e. The molecular weight excluding hydrogens is 155 g/mol. The second kappa shape index (κ2) is 7.46. The largest absolute Gasteiger partial charge is 0.508 e. The monoisotopic (exact) mass is 168 g/mol. The van der Waals surface area contributed by atoms with E-state index in [9.17, 15) is 0 Å². The number of carbonyl (C=O) groups is 1. The molecule has 0 saturated heterocycles. The van der Waals surface area contributed by atoms with Gasteiger partial charge in [-0.1, -0.05) is 18.2 Å². The molecule has 0 aliphatic carbocycles. The van der Waals surface area contributed by atoms with Gasteiger partial charge in [0.25, 0.3) is 0 Å². The number of phenols is 1. The number of hydrogen-bond acceptors (Lipinski definition) is 2. The highest BCUT2D eigenvalue weighted by Crippen LogP contribution is 2.02. The Hall–Kier alpha value is -1.65. The van der Waals surface area contributed by atoms with E-state index in [1.54, 1.807) is 24.3 Å². The van der Waals surface area contributed by atoms with Gasteiger partial charge in [-0.2, -0.15) is 0 Å². The van der Waals surface area contributed by atoms with E-state index in [2.05, 4.69) is 11.5 Å². The Morgan fingerprint density at radius 3 is 1.67 bits per heavy atom. The van der Waals surface area contributed by atoms with Crippen molar-refractivity contribution in [3.63, 3.8) is 0 Å². The zero-order valence-corrected chi connectivity index (χ0v) is 5.90. The van der Waals surface area contributed by atoms with E-state index in [4.69, 9.17) is 9.90 Å². The zero-order chi connectivity index (χ0) is 8.69. The molecule has 0 radical (unpaired) electrons. The van der Waals surface area contributed by atoms with Gasteiger partial charge in [-0.25, -0.2) is 4.79 Å². The van der Waals surface area contributed by atoms with E-state index in [1.807, 2.05) is 6.07 Å². The first kappa shape index (κ1) is 13.0. The Bertz CT molecular complexity index is 212. The van der Waals surface area contributed by atoms with Crippen molar-refractivity contribution in [3.05, 3.63) is 30.3 Å². The first-order chi connectivity index (χ1) is 5.13. The molecule has 0 bridgehead atoms. The lowest BCUT2D eigenvalue weighted by atomic mass is 10.3. The Morgan fingerprint density at radius 1 is 1.17 bits per heavy atom. The Labute approximate surface area is 72.8 Å². The number of rotatable bonds is 0. The number of nitrogens with two attached hydrogens (primary N) is 2. The highest BCUT2D eigenvalue weighted by atomic mass is 16.3. The quantitative estimate of drug-likeness (QED) is 0.444. The number of para-hydroxylation sites is 1. The van der Waals surface area contributed by atoms with Gasteiger partial charge in [0.05, 0.1) is 8.41 Å². The predicted octanol–water partition coefficient (Wildman–Crippen LogP) is -0.768. The van der Waals surface area contributed by atoms with E-state index in [0.717, 1.165) is 0 Å². The van der Waals surface area contributed by atoms with Crippen LogP contribution in [-0.4, -0.2) is 19.6 Å². The lowest BCUT2D eigenvalue weighted by Gasteiger charge is -1.82. The third-order valence-electron chi connectivity index (χ3n) is 0.756. The summed E-state index contributed by atoms with van der Waals surface area (Å²) in [5.41, 5.74) is 8.50. The summed E-state index contributed by atoms with van der Waals surface area (Å²) < 4.78 is 0. The Kier molecular flexibility index (Phi) is 8.07. The van der Waals surface area contributed by atoms with Gasteiger partial charge in [-0.3, -0.25) is 0 Å². The van der Waals surface area contributed by atoms with Crippen molar-refractivity contribution in [2.24, 2.45) is 11.5 Å². The number of hydrogen-bond donors (Lipinski definition) is 3. The lowest BCUT2D eigenvalue weighted by molar-refractivity contribution is 0.256. The van der Waals surface area contributed by atoms with Crippen LogP contribution in [0.25, 0.3) is 0 Å². The van der Waals surface area contributed by atoms with Gasteiger partial charge in [0.15, 0.2) is 0 Å². The number of primary amides is 2. The van der Waals surface area contributed by atoms with E-state index < -0.39 is 6.03 Å². The summed E-state index contributed by atoms with van der Waals surface area (Å²) in [6, 6.07) is 7.88. The predicted molar refractivity (Wildman–Crippen MR) is 51.8 cm³/mol. The molecule has 4 nitrogen and oxygen atoms in total. The van der Waals surface area contributed by atoms with Gasteiger partial charge < -0.3 is 16.6 Å². The Balaban J connectivity index is 0. The van der Waals surface area contributed by atoms with E-state index in [1.165, 1.54) is 0 Å². The van der Waals surface area contributed by atoms with Crippen molar-refractivity contribution in [1.29, 1.82) is 0 Å². The maximum absolute atomic E-state index is 9.00. The first-order valence-corrected chi connectivity index (χ1v) is 2.92. The molecule has 0 unspecified atom stereocenters. The molecule has 0 aliphatic heterocycles. The molecule has 12 heavy (non-hydrogen) atoms. The topological polar surface area (TPSA) is 89.3 Å². The third-order valence-corrected chi connectivity index (χ3v) is 0.756. The summed E-state index contributed by atoms with van der Waals surface area (Å²) in [6.45, 7) is 0. The maximum Gasteiger partial charge on any atom is 0.309 e. The van der Waals surface area contributed by atoms with Crippen molar-refractivity contribution >= 4 is 14.4 Å². The number of urea groups is 1. The summed E-state index contributed by atoms with van der Waals surface area (Å²) in [7, 11) is 0. The van der Waals surface area contributed by atoms with Gasteiger partial charge >= 0.3 is 6.03 Å². The normalized spacial score (nSPS) is 7.00. The number of carbonyl (C=O) groups excluding carboxylic acids is 1. The fourth-order valence-corrected chi connectivity index (χ4v) is 0.428. The van der Waals surface area contributed by atoms with Crippen LogP contribution in [0.2, 0.25) is 0 Å². The van der Waals surface area contributed by atoms with Crippen LogP contribution in [0.3, 0.4) is 0 Å². The van der Waals surface area contributed by atoms with E-state index in [0.29, 0.717) is 5.75 Å². The number of aromatic hydroxyl groups is 1. The SMILES string of the molecule is B.NC(N)=O.Oc1ccccc1. The molecule has 0 saturated carbocycles. The molecule has 0 spiro atoms. The summed E-state index contributed by atoms with van der Waals surface area (Å²) in [4.78, 5) is 9.00.